The van der Waals surface area contributed by atoms with Crippen molar-refractivity contribution >= 4 is 22.7 Å². The first-order valence-electron chi connectivity index (χ1n) is 6.99. The van der Waals surface area contributed by atoms with Gasteiger partial charge in [0.1, 0.15) is 5.82 Å². The van der Waals surface area contributed by atoms with Crippen LogP contribution in [0.5, 0.6) is 0 Å². The van der Waals surface area contributed by atoms with Gasteiger partial charge in [0.25, 0.3) is 0 Å². The van der Waals surface area contributed by atoms with Gasteiger partial charge in [0.2, 0.25) is 0 Å². The third-order valence-electron chi connectivity index (χ3n) is 4.26. The number of guanidine groups is 1. The van der Waals surface area contributed by atoms with Crippen LogP contribution < -0.4 is 10.6 Å². The van der Waals surface area contributed by atoms with Gasteiger partial charge in [-0.25, -0.2) is 4.98 Å². The molecule has 1 aromatic heterocycles. The smallest absolute Gasteiger partial charge is 0.195 e. The number of hydrogen-bond donors (Lipinski definition) is 2. The molecule has 106 valence electrons. The number of hydrogen-bond acceptors (Lipinski definition) is 4. The zero-order chi connectivity index (χ0) is 14.4. The summed E-state index contributed by atoms with van der Waals surface area (Å²) in [5.41, 5.74) is 7.15. The van der Waals surface area contributed by atoms with Gasteiger partial charge in [0.15, 0.2) is 5.96 Å². The summed E-state index contributed by atoms with van der Waals surface area (Å²) >= 11 is 0. The van der Waals surface area contributed by atoms with E-state index in [4.69, 9.17) is 4.98 Å². The molecule has 5 heteroatoms. The van der Waals surface area contributed by atoms with Gasteiger partial charge in [0, 0.05) is 24.8 Å². The summed E-state index contributed by atoms with van der Waals surface area (Å²) in [5.74, 6) is 1.90. The number of anilines is 1. The van der Waals surface area contributed by atoms with Crippen LogP contribution in [0.4, 0.5) is 5.69 Å². The van der Waals surface area contributed by atoms with Crippen molar-refractivity contribution < 1.29 is 0 Å². The van der Waals surface area contributed by atoms with E-state index in [1.807, 2.05) is 6.92 Å². The number of fused-ring (bicyclic) bond motifs is 1. The molecule has 0 amide bonds. The Bertz CT molecular complexity index is 724. The second kappa shape index (κ2) is 4.51. The predicted molar refractivity (Wildman–Crippen MR) is 83.6 cm³/mol. The summed E-state index contributed by atoms with van der Waals surface area (Å²) in [4.78, 5) is 9.13. The van der Waals surface area contributed by atoms with Crippen molar-refractivity contribution in [1.82, 2.24) is 14.9 Å². The van der Waals surface area contributed by atoms with Crippen molar-refractivity contribution in [2.24, 2.45) is 12.0 Å². The molecular weight excluding hydrogens is 250 g/mol. The second-order valence-electron chi connectivity index (χ2n) is 5.45. The molecule has 0 spiro atoms. The van der Waals surface area contributed by atoms with Gasteiger partial charge in [-0.1, -0.05) is 0 Å². The SMILES string of the molecule is Cc1c(NC2=NCCN2)c(C)c2nc(C)n(C)c2c1C. The van der Waals surface area contributed by atoms with Crippen LogP contribution in [0, 0.1) is 27.7 Å². The predicted octanol–water partition coefficient (Wildman–Crippen LogP) is 2.18. The zero-order valence-electron chi connectivity index (χ0n) is 12.8. The third kappa shape index (κ3) is 1.77. The summed E-state index contributed by atoms with van der Waals surface area (Å²) in [5, 5.41) is 6.69. The molecule has 20 heavy (non-hydrogen) atoms. The molecule has 0 radical (unpaired) electrons. The van der Waals surface area contributed by atoms with Crippen LogP contribution in [0.2, 0.25) is 0 Å². The molecule has 2 N–H and O–H groups in total. The van der Waals surface area contributed by atoms with Crippen LogP contribution in [0.15, 0.2) is 4.99 Å². The Morgan fingerprint density at radius 3 is 2.50 bits per heavy atom. The number of nitrogens with zero attached hydrogens (tertiary/aromatic N) is 3. The third-order valence-corrected chi connectivity index (χ3v) is 4.26. The molecule has 0 fully saturated rings. The highest BCUT2D eigenvalue weighted by Crippen LogP contribution is 2.33. The molecule has 0 atom stereocenters. The number of rotatable bonds is 1. The molecule has 0 saturated carbocycles. The van der Waals surface area contributed by atoms with Crippen molar-refractivity contribution in [1.29, 1.82) is 0 Å². The fourth-order valence-corrected chi connectivity index (χ4v) is 2.85. The molecule has 0 unspecified atom stereocenters. The van der Waals surface area contributed by atoms with Crippen molar-refractivity contribution in [3.63, 3.8) is 0 Å². The Kier molecular flexibility index (Phi) is 2.92. The van der Waals surface area contributed by atoms with E-state index >= 15 is 0 Å². The minimum atomic E-state index is 0.838. The molecule has 0 saturated heterocycles. The zero-order valence-corrected chi connectivity index (χ0v) is 12.8. The van der Waals surface area contributed by atoms with Gasteiger partial charge < -0.3 is 15.2 Å². The molecule has 2 aromatic rings. The van der Waals surface area contributed by atoms with Crippen LogP contribution in [-0.4, -0.2) is 28.6 Å². The van der Waals surface area contributed by atoms with Gasteiger partial charge in [0.05, 0.1) is 17.6 Å². The summed E-state index contributed by atoms with van der Waals surface area (Å²) in [6.07, 6.45) is 0. The lowest BCUT2D eigenvalue weighted by atomic mass is 10.0. The highest BCUT2D eigenvalue weighted by Gasteiger charge is 2.18. The number of aromatic nitrogens is 2. The Hall–Kier alpha value is -2.04. The van der Waals surface area contributed by atoms with E-state index in [1.54, 1.807) is 0 Å². The highest BCUT2D eigenvalue weighted by atomic mass is 15.2. The minimum absolute atomic E-state index is 0.838. The summed E-state index contributed by atoms with van der Waals surface area (Å²) < 4.78 is 2.17. The van der Waals surface area contributed by atoms with Crippen LogP contribution in [0.3, 0.4) is 0 Å². The molecule has 2 heterocycles. The number of nitrogens with one attached hydrogen (secondary N) is 2. The highest BCUT2D eigenvalue weighted by molar-refractivity contribution is 6.00. The van der Waals surface area contributed by atoms with E-state index < -0.39 is 0 Å². The molecular formula is C15H21N5. The van der Waals surface area contributed by atoms with Gasteiger partial charge in [-0.3, -0.25) is 4.99 Å². The number of aliphatic imine (C=N–C) groups is 1. The van der Waals surface area contributed by atoms with Crippen LogP contribution in [0.1, 0.15) is 22.5 Å². The summed E-state index contributed by atoms with van der Waals surface area (Å²) in [6, 6.07) is 0. The molecule has 3 rings (SSSR count). The van der Waals surface area contributed by atoms with Crippen molar-refractivity contribution in [3.05, 3.63) is 22.5 Å². The maximum Gasteiger partial charge on any atom is 0.195 e. The van der Waals surface area contributed by atoms with Gasteiger partial charge in [-0.05, 0) is 38.8 Å². The molecule has 1 aliphatic rings. The average Bonchev–Trinajstić information content (AvgIpc) is 3.02. The molecule has 0 aliphatic carbocycles. The van der Waals surface area contributed by atoms with Crippen molar-refractivity contribution in [3.8, 4) is 0 Å². The van der Waals surface area contributed by atoms with E-state index in [0.29, 0.717) is 0 Å². The topological polar surface area (TPSA) is 54.2 Å². The first kappa shape index (κ1) is 13.0. The fourth-order valence-electron chi connectivity index (χ4n) is 2.85. The average molecular weight is 271 g/mol. The van der Waals surface area contributed by atoms with E-state index in [0.717, 1.165) is 36.1 Å². The monoisotopic (exact) mass is 271 g/mol. The van der Waals surface area contributed by atoms with Gasteiger partial charge in [-0.15, -0.1) is 0 Å². The second-order valence-corrected chi connectivity index (χ2v) is 5.45. The lowest BCUT2D eigenvalue weighted by molar-refractivity contribution is 0.882. The van der Waals surface area contributed by atoms with Gasteiger partial charge >= 0.3 is 0 Å². The Morgan fingerprint density at radius 2 is 1.85 bits per heavy atom. The minimum Gasteiger partial charge on any atom is -0.354 e. The van der Waals surface area contributed by atoms with E-state index in [9.17, 15) is 0 Å². The lowest BCUT2D eigenvalue weighted by Crippen LogP contribution is -2.27. The first-order chi connectivity index (χ1) is 9.50. The van der Waals surface area contributed by atoms with Crippen molar-refractivity contribution in [2.45, 2.75) is 27.7 Å². The summed E-state index contributed by atoms with van der Waals surface area (Å²) in [6.45, 7) is 10.2. The van der Waals surface area contributed by atoms with Crippen molar-refractivity contribution in [2.75, 3.05) is 18.4 Å². The number of aryl methyl sites for hydroxylation is 4. The Labute approximate surface area is 119 Å². The number of benzene rings is 1. The lowest BCUT2D eigenvalue weighted by Gasteiger charge is -2.16. The Morgan fingerprint density at radius 1 is 1.10 bits per heavy atom. The van der Waals surface area contributed by atoms with Crippen LogP contribution in [0.25, 0.3) is 11.0 Å². The van der Waals surface area contributed by atoms with E-state index in [1.165, 1.54) is 22.2 Å². The quantitative estimate of drug-likeness (QED) is 0.836. The Balaban J connectivity index is 2.22. The molecule has 5 nitrogen and oxygen atoms in total. The fraction of sp³-hybridized carbons (Fsp3) is 0.467. The largest absolute Gasteiger partial charge is 0.354 e. The standard InChI is InChI=1S/C15H21N5/c1-8-9(2)14-13(18-11(4)20(14)5)10(3)12(8)19-15-16-6-7-17-15/h6-7H2,1-5H3,(H2,16,17,19). The van der Waals surface area contributed by atoms with E-state index in [2.05, 4.69) is 48.0 Å². The maximum atomic E-state index is 4.71. The maximum absolute atomic E-state index is 4.71. The first-order valence-corrected chi connectivity index (χ1v) is 6.99. The van der Waals surface area contributed by atoms with Gasteiger partial charge in [-0.2, -0.15) is 0 Å². The summed E-state index contributed by atoms with van der Waals surface area (Å²) in [7, 11) is 2.08. The van der Waals surface area contributed by atoms with E-state index in [-0.39, 0.29) is 0 Å². The molecule has 1 aromatic carbocycles. The van der Waals surface area contributed by atoms with Crippen LogP contribution >= 0.6 is 0 Å². The van der Waals surface area contributed by atoms with Crippen LogP contribution in [-0.2, 0) is 7.05 Å². The number of imidazole rings is 1. The normalized spacial score (nSPS) is 14.6. The molecule has 0 bridgehead atoms. The molecule has 1 aliphatic heterocycles.